The van der Waals surface area contributed by atoms with Crippen LogP contribution in [0, 0.1) is 5.41 Å². The van der Waals surface area contributed by atoms with Gasteiger partial charge in [-0.2, -0.15) is 5.10 Å². The lowest BCUT2D eigenvalue weighted by Crippen LogP contribution is -2.43. The summed E-state index contributed by atoms with van der Waals surface area (Å²) in [5.74, 6) is -0.974. The summed E-state index contributed by atoms with van der Waals surface area (Å²) in [5, 5.41) is 19.5. The number of aromatic nitrogens is 2. The van der Waals surface area contributed by atoms with Crippen molar-refractivity contribution in [3.8, 4) is 0 Å². The second kappa shape index (κ2) is 5.20. The van der Waals surface area contributed by atoms with Gasteiger partial charge >= 0.3 is 5.97 Å². The topological polar surface area (TPSA) is 95.1 Å². The molecule has 0 bridgehead atoms. The Morgan fingerprint density at radius 2 is 2.19 bits per heavy atom. The van der Waals surface area contributed by atoms with E-state index in [1.54, 1.807) is 18.3 Å². The molecule has 6 heteroatoms. The van der Waals surface area contributed by atoms with Gasteiger partial charge in [-0.25, -0.2) is 0 Å². The number of H-pyrrole nitrogens is 1. The van der Waals surface area contributed by atoms with E-state index in [-0.39, 0.29) is 17.7 Å². The summed E-state index contributed by atoms with van der Waals surface area (Å²) < 4.78 is 0. The second-order valence-corrected chi connectivity index (χ2v) is 5.78. The van der Waals surface area contributed by atoms with Gasteiger partial charge in [0, 0.05) is 17.5 Å². The van der Waals surface area contributed by atoms with E-state index in [0.29, 0.717) is 12.1 Å². The van der Waals surface area contributed by atoms with Crippen molar-refractivity contribution in [3.63, 3.8) is 0 Å². The van der Waals surface area contributed by atoms with Gasteiger partial charge in [0.15, 0.2) is 0 Å². The summed E-state index contributed by atoms with van der Waals surface area (Å²) >= 11 is 0. The number of carboxylic acid groups (broad SMARTS) is 1. The lowest BCUT2D eigenvalue weighted by molar-refractivity contribution is -0.141. The van der Waals surface area contributed by atoms with Crippen LogP contribution in [0.3, 0.4) is 0 Å². The van der Waals surface area contributed by atoms with Gasteiger partial charge in [0.2, 0.25) is 0 Å². The van der Waals surface area contributed by atoms with E-state index in [4.69, 9.17) is 5.11 Å². The van der Waals surface area contributed by atoms with Crippen molar-refractivity contribution in [1.29, 1.82) is 0 Å². The van der Waals surface area contributed by atoms with Gasteiger partial charge < -0.3 is 10.4 Å². The van der Waals surface area contributed by atoms with Crippen LogP contribution >= 0.6 is 0 Å². The van der Waals surface area contributed by atoms with E-state index < -0.39 is 5.97 Å². The molecule has 3 N–H and O–H groups in total. The third kappa shape index (κ3) is 2.74. The van der Waals surface area contributed by atoms with Crippen LogP contribution in [-0.4, -0.2) is 33.7 Å². The van der Waals surface area contributed by atoms with Crippen LogP contribution in [0.5, 0.6) is 0 Å². The van der Waals surface area contributed by atoms with Crippen molar-refractivity contribution in [2.75, 3.05) is 6.54 Å². The summed E-state index contributed by atoms with van der Waals surface area (Å²) in [6.45, 7) is 0.418. The summed E-state index contributed by atoms with van der Waals surface area (Å²) in [4.78, 5) is 23.1. The maximum atomic E-state index is 12.2. The average Bonchev–Trinajstić information content (AvgIpc) is 2.88. The van der Waals surface area contributed by atoms with Crippen LogP contribution in [0.2, 0.25) is 0 Å². The molecule has 1 aliphatic carbocycles. The quantitative estimate of drug-likeness (QED) is 0.783. The van der Waals surface area contributed by atoms with Gasteiger partial charge in [0.25, 0.3) is 5.91 Å². The van der Waals surface area contributed by atoms with Gasteiger partial charge in [-0.3, -0.25) is 14.7 Å². The first kappa shape index (κ1) is 13.6. The summed E-state index contributed by atoms with van der Waals surface area (Å²) in [6, 6.07) is 5.33. The number of carbonyl (C=O) groups is 2. The van der Waals surface area contributed by atoms with Gasteiger partial charge in [-0.05, 0) is 36.5 Å². The SMILES string of the molecule is O=C(O)CC1(CNC(=O)c2ccc3[nH]ncc3c2)CCC1. The third-order valence-corrected chi connectivity index (χ3v) is 4.27. The first-order valence-corrected chi connectivity index (χ1v) is 7.01. The first-order chi connectivity index (χ1) is 10.1. The minimum absolute atomic E-state index is 0.119. The number of carboxylic acids is 1. The Morgan fingerprint density at radius 3 is 2.86 bits per heavy atom. The van der Waals surface area contributed by atoms with E-state index in [0.717, 1.165) is 30.2 Å². The highest BCUT2D eigenvalue weighted by Crippen LogP contribution is 2.43. The zero-order valence-corrected chi connectivity index (χ0v) is 11.6. The second-order valence-electron chi connectivity index (χ2n) is 5.78. The molecule has 1 saturated carbocycles. The van der Waals surface area contributed by atoms with Crippen LogP contribution in [0.25, 0.3) is 10.9 Å². The maximum Gasteiger partial charge on any atom is 0.303 e. The molecular weight excluding hydrogens is 270 g/mol. The molecule has 1 fully saturated rings. The Labute approximate surface area is 121 Å². The van der Waals surface area contributed by atoms with E-state index in [1.165, 1.54) is 0 Å². The smallest absolute Gasteiger partial charge is 0.303 e. The lowest BCUT2D eigenvalue weighted by Gasteiger charge is -2.40. The lowest BCUT2D eigenvalue weighted by atomic mass is 9.66. The predicted octanol–water partition coefficient (Wildman–Crippen LogP) is 1.94. The number of aliphatic carboxylic acids is 1. The molecule has 0 spiro atoms. The zero-order chi connectivity index (χ0) is 14.9. The number of carbonyl (C=O) groups excluding carboxylic acids is 1. The minimum Gasteiger partial charge on any atom is -0.481 e. The largest absolute Gasteiger partial charge is 0.481 e. The number of fused-ring (bicyclic) bond motifs is 1. The molecule has 21 heavy (non-hydrogen) atoms. The number of amides is 1. The van der Waals surface area contributed by atoms with Gasteiger partial charge in [-0.1, -0.05) is 6.42 Å². The monoisotopic (exact) mass is 287 g/mol. The fourth-order valence-electron chi connectivity index (χ4n) is 2.87. The standard InChI is InChI=1S/C15H17N3O3/c19-13(20)7-15(4-1-5-15)9-16-14(21)10-2-3-12-11(6-10)8-17-18-12/h2-3,6,8H,1,4-5,7,9H2,(H,16,21)(H,17,18)(H,19,20). The molecule has 0 saturated heterocycles. The third-order valence-electron chi connectivity index (χ3n) is 4.27. The number of benzene rings is 1. The maximum absolute atomic E-state index is 12.2. The van der Waals surface area contributed by atoms with Crippen LogP contribution in [0.4, 0.5) is 0 Å². The molecular formula is C15H17N3O3. The van der Waals surface area contributed by atoms with E-state index >= 15 is 0 Å². The molecule has 3 rings (SSSR count). The Morgan fingerprint density at radius 1 is 1.38 bits per heavy atom. The van der Waals surface area contributed by atoms with Crippen molar-refractivity contribution in [3.05, 3.63) is 30.0 Å². The minimum atomic E-state index is -0.802. The van der Waals surface area contributed by atoms with Crippen LogP contribution in [-0.2, 0) is 4.79 Å². The summed E-state index contributed by atoms with van der Waals surface area (Å²) in [6.07, 6.45) is 4.54. The molecule has 0 unspecified atom stereocenters. The Bertz CT molecular complexity index is 688. The number of hydrogen-bond acceptors (Lipinski definition) is 3. The Balaban J connectivity index is 1.66. The molecule has 2 aromatic rings. The number of nitrogens with one attached hydrogen (secondary N) is 2. The number of aromatic amines is 1. The number of nitrogens with zero attached hydrogens (tertiary/aromatic N) is 1. The summed E-state index contributed by atoms with van der Waals surface area (Å²) in [7, 11) is 0. The number of rotatable bonds is 5. The highest BCUT2D eigenvalue weighted by Gasteiger charge is 2.39. The fraction of sp³-hybridized carbons (Fsp3) is 0.400. The van der Waals surface area contributed by atoms with Crippen molar-refractivity contribution in [2.24, 2.45) is 5.41 Å². The molecule has 1 heterocycles. The molecule has 0 radical (unpaired) electrons. The highest BCUT2D eigenvalue weighted by molar-refractivity contribution is 5.97. The first-order valence-electron chi connectivity index (χ1n) is 7.01. The Kier molecular flexibility index (Phi) is 3.37. The van der Waals surface area contributed by atoms with E-state index in [9.17, 15) is 9.59 Å². The highest BCUT2D eigenvalue weighted by atomic mass is 16.4. The van der Waals surface area contributed by atoms with Crippen molar-refractivity contribution < 1.29 is 14.7 Å². The van der Waals surface area contributed by atoms with Crippen molar-refractivity contribution >= 4 is 22.8 Å². The molecule has 0 atom stereocenters. The average molecular weight is 287 g/mol. The summed E-state index contributed by atoms with van der Waals surface area (Å²) in [5.41, 5.74) is 1.18. The van der Waals surface area contributed by atoms with Gasteiger partial charge in [0.1, 0.15) is 0 Å². The molecule has 1 aromatic carbocycles. The van der Waals surface area contributed by atoms with Gasteiger partial charge in [0.05, 0.1) is 18.1 Å². The Hall–Kier alpha value is -2.37. The predicted molar refractivity (Wildman–Crippen MR) is 77.0 cm³/mol. The van der Waals surface area contributed by atoms with E-state index in [2.05, 4.69) is 15.5 Å². The molecule has 1 aliphatic rings. The molecule has 1 aromatic heterocycles. The van der Waals surface area contributed by atoms with Crippen molar-refractivity contribution in [1.82, 2.24) is 15.5 Å². The molecule has 6 nitrogen and oxygen atoms in total. The van der Waals surface area contributed by atoms with Crippen LogP contribution in [0.15, 0.2) is 24.4 Å². The number of hydrogen-bond donors (Lipinski definition) is 3. The zero-order valence-electron chi connectivity index (χ0n) is 11.6. The fourth-order valence-corrected chi connectivity index (χ4v) is 2.87. The van der Waals surface area contributed by atoms with Crippen molar-refractivity contribution in [2.45, 2.75) is 25.7 Å². The molecule has 1 amide bonds. The van der Waals surface area contributed by atoms with Gasteiger partial charge in [-0.15, -0.1) is 0 Å². The van der Waals surface area contributed by atoms with Crippen LogP contribution < -0.4 is 5.32 Å². The van der Waals surface area contributed by atoms with E-state index in [1.807, 2.05) is 6.07 Å². The molecule has 110 valence electrons. The van der Waals surface area contributed by atoms with Crippen LogP contribution in [0.1, 0.15) is 36.0 Å². The molecule has 0 aliphatic heterocycles. The normalized spacial score (nSPS) is 16.4.